The Labute approximate surface area is 187 Å². The molecule has 174 valence electrons. The third-order valence-electron chi connectivity index (χ3n) is 4.00. The van der Waals surface area contributed by atoms with E-state index in [0.29, 0.717) is 0 Å². The molecule has 2 heterocycles. The summed E-state index contributed by atoms with van der Waals surface area (Å²) in [6, 6.07) is 1.84. The van der Waals surface area contributed by atoms with Gasteiger partial charge in [0.15, 0.2) is 0 Å². The van der Waals surface area contributed by atoms with E-state index in [1.54, 1.807) is 0 Å². The van der Waals surface area contributed by atoms with Crippen LogP contribution in [0, 0.1) is 0 Å². The van der Waals surface area contributed by atoms with Gasteiger partial charge in [0.05, 0.1) is 17.9 Å². The highest BCUT2D eigenvalue weighted by Crippen LogP contribution is 2.29. The summed E-state index contributed by atoms with van der Waals surface area (Å²) >= 11 is 0.855. The zero-order valence-corrected chi connectivity index (χ0v) is 17.4. The second-order valence-electron chi connectivity index (χ2n) is 6.27. The van der Waals surface area contributed by atoms with Crippen LogP contribution >= 0.6 is 11.3 Å². The summed E-state index contributed by atoms with van der Waals surface area (Å²) < 4.78 is 58.7. The third-order valence-corrected chi connectivity index (χ3v) is 4.99. The molecule has 2 aromatic heterocycles. The van der Waals surface area contributed by atoms with Gasteiger partial charge in [-0.25, -0.2) is 9.78 Å². The normalized spacial score (nSPS) is 12.0. The van der Waals surface area contributed by atoms with E-state index < -0.39 is 42.6 Å². The number of ether oxygens (including phenoxy) is 2. The van der Waals surface area contributed by atoms with Gasteiger partial charge in [-0.3, -0.25) is 14.8 Å². The van der Waals surface area contributed by atoms with Crippen molar-refractivity contribution in [1.82, 2.24) is 20.3 Å². The molecular weight excluding hydrogens is 472 g/mol. The fourth-order valence-corrected chi connectivity index (χ4v) is 3.47. The number of hydrogen-bond donors (Lipinski definition) is 2. The van der Waals surface area contributed by atoms with Gasteiger partial charge in [0.25, 0.3) is 5.91 Å². The Bertz CT molecular complexity index is 1130. The standard InChI is InChI=1S/C19H14F4N4O5S/c1-8(13-14(25-3-2-24-13)16-26-7-12(33-16)17(29)30)27-15(28)9-4-10(31-18(20)21)6-11(5-9)32-19(22)23/h2-8,18-19H,1H3,(H,27,28)(H,29,30). The molecule has 14 heteroatoms. The van der Waals surface area contributed by atoms with Crippen molar-refractivity contribution in [1.29, 1.82) is 0 Å². The number of thiazole rings is 1. The Balaban J connectivity index is 1.87. The van der Waals surface area contributed by atoms with Crippen molar-refractivity contribution in [3.63, 3.8) is 0 Å². The molecule has 0 aliphatic rings. The fourth-order valence-electron chi connectivity index (χ4n) is 2.71. The van der Waals surface area contributed by atoms with Crippen LogP contribution in [0.4, 0.5) is 17.6 Å². The van der Waals surface area contributed by atoms with E-state index in [-0.39, 0.29) is 26.8 Å². The number of carboxylic acid groups (broad SMARTS) is 1. The number of carbonyl (C=O) groups excluding carboxylic acids is 1. The molecular formula is C19H14F4N4O5S. The smallest absolute Gasteiger partial charge is 0.387 e. The van der Waals surface area contributed by atoms with Crippen LogP contribution < -0.4 is 14.8 Å². The van der Waals surface area contributed by atoms with Crippen LogP contribution in [0.3, 0.4) is 0 Å². The average molecular weight is 486 g/mol. The van der Waals surface area contributed by atoms with Gasteiger partial charge in [0, 0.05) is 24.0 Å². The highest BCUT2D eigenvalue weighted by atomic mass is 32.1. The molecule has 1 aromatic carbocycles. The van der Waals surface area contributed by atoms with E-state index in [1.165, 1.54) is 19.3 Å². The maximum absolute atomic E-state index is 12.7. The highest BCUT2D eigenvalue weighted by Gasteiger charge is 2.22. The van der Waals surface area contributed by atoms with Crippen LogP contribution in [-0.2, 0) is 0 Å². The molecule has 9 nitrogen and oxygen atoms in total. The van der Waals surface area contributed by atoms with Crippen molar-refractivity contribution < 1.29 is 41.7 Å². The Kier molecular flexibility index (Phi) is 7.37. The molecule has 33 heavy (non-hydrogen) atoms. The van der Waals surface area contributed by atoms with Crippen LogP contribution in [0.2, 0.25) is 0 Å². The zero-order valence-electron chi connectivity index (χ0n) is 16.5. The quantitative estimate of drug-likeness (QED) is 0.435. The van der Waals surface area contributed by atoms with Gasteiger partial charge < -0.3 is 19.9 Å². The second kappa shape index (κ2) is 10.2. The number of aromatic carboxylic acids is 1. The molecule has 0 spiro atoms. The molecule has 0 aliphatic carbocycles. The molecule has 0 saturated heterocycles. The SMILES string of the molecule is CC(NC(=O)c1cc(OC(F)F)cc(OC(F)F)c1)c1nccnc1-c1ncc(C(=O)O)s1. The number of benzene rings is 1. The summed E-state index contributed by atoms with van der Waals surface area (Å²) in [6.45, 7) is -4.97. The van der Waals surface area contributed by atoms with Crippen molar-refractivity contribution in [3.8, 4) is 22.2 Å². The van der Waals surface area contributed by atoms with Gasteiger partial charge in [-0.1, -0.05) is 0 Å². The lowest BCUT2D eigenvalue weighted by atomic mass is 10.1. The molecule has 2 N–H and O–H groups in total. The molecule has 0 aliphatic heterocycles. The van der Waals surface area contributed by atoms with Crippen molar-refractivity contribution in [2.75, 3.05) is 0 Å². The Hall–Kier alpha value is -3.81. The summed E-state index contributed by atoms with van der Waals surface area (Å²) in [4.78, 5) is 36.1. The lowest BCUT2D eigenvalue weighted by Gasteiger charge is -2.16. The molecule has 0 bridgehead atoms. The number of nitrogens with zero attached hydrogens (tertiary/aromatic N) is 3. The predicted octanol–water partition coefficient (Wildman–Crippen LogP) is 3.99. The number of amides is 1. The molecule has 3 rings (SSSR count). The topological polar surface area (TPSA) is 124 Å². The number of nitrogens with one attached hydrogen (secondary N) is 1. The van der Waals surface area contributed by atoms with Crippen molar-refractivity contribution >= 4 is 23.2 Å². The molecule has 0 saturated carbocycles. The largest absolute Gasteiger partial charge is 0.477 e. The molecule has 1 atom stereocenters. The summed E-state index contributed by atoms with van der Waals surface area (Å²) in [6.07, 6.45) is 3.86. The van der Waals surface area contributed by atoms with E-state index in [4.69, 9.17) is 5.11 Å². The minimum atomic E-state index is -3.25. The van der Waals surface area contributed by atoms with Gasteiger partial charge in [-0.05, 0) is 19.1 Å². The number of carbonyl (C=O) groups is 2. The van der Waals surface area contributed by atoms with E-state index in [0.717, 1.165) is 35.7 Å². The van der Waals surface area contributed by atoms with Crippen molar-refractivity contribution in [2.24, 2.45) is 0 Å². The first-order valence-corrected chi connectivity index (χ1v) is 9.81. The van der Waals surface area contributed by atoms with E-state index in [1.807, 2.05) is 0 Å². The summed E-state index contributed by atoms with van der Waals surface area (Å²) in [7, 11) is 0. The number of hydrogen-bond acceptors (Lipinski definition) is 8. The van der Waals surface area contributed by atoms with Crippen molar-refractivity contribution in [3.05, 3.63) is 52.9 Å². The number of rotatable bonds is 9. The van der Waals surface area contributed by atoms with Gasteiger partial charge in [-0.2, -0.15) is 17.6 Å². The Morgan fingerprint density at radius 2 is 1.61 bits per heavy atom. The molecule has 0 radical (unpaired) electrons. The maximum atomic E-state index is 12.7. The highest BCUT2D eigenvalue weighted by molar-refractivity contribution is 7.16. The summed E-state index contributed by atoms with van der Waals surface area (Å²) in [5, 5.41) is 11.9. The number of halogens is 4. The molecule has 1 unspecified atom stereocenters. The Morgan fingerprint density at radius 1 is 1.00 bits per heavy atom. The van der Waals surface area contributed by atoms with Crippen LogP contribution in [-0.4, -0.2) is 45.2 Å². The predicted molar refractivity (Wildman–Crippen MR) is 106 cm³/mol. The number of aromatic nitrogens is 3. The van der Waals surface area contributed by atoms with Crippen LogP contribution in [0.5, 0.6) is 11.5 Å². The molecule has 1 amide bonds. The number of carboxylic acids is 1. The molecule has 3 aromatic rings. The van der Waals surface area contributed by atoms with E-state index >= 15 is 0 Å². The first-order valence-electron chi connectivity index (χ1n) is 9.00. The van der Waals surface area contributed by atoms with Crippen molar-refractivity contribution in [2.45, 2.75) is 26.2 Å². The second-order valence-corrected chi connectivity index (χ2v) is 7.30. The Morgan fingerprint density at radius 3 is 2.15 bits per heavy atom. The van der Waals surface area contributed by atoms with Gasteiger partial charge in [0.2, 0.25) is 0 Å². The average Bonchev–Trinajstić information content (AvgIpc) is 3.23. The van der Waals surface area contributed by atoms with Crippen LogP contribution in [0.1, 0.15) is 38.7 Å². The lowest BCUT2D eigenvalue weighted by Crippen LogP contribution is -2.28. The zero-order chi connectivity index (χ0) is 24.1. The van der Waals surface area contributed by atoms with E-state index in [9.17, 15) is 27.2 Å². The van der Waals surface area contributed by atoms with Gasteiger partial charge in [-0.15, -0.1) is 11.3 Å². The van der Waals surface area contributed by atoms with Crippen LogP contribution in [0.15, 0.2) is 36.8 Å². The van der Waals surface area contributed by atoms with E-state index in [2.05, 4.69) is 29.7 Å². The maximum Gasteiger partial charge on any atom is 0.387 e. The lowest BCUT2D eigenvalue weighted by molar-refractivity contribution is -0.0543. The monoisotopic (exact) mass is 486 g/mol. The van der Waals surface area contributed by atoms with Gasteiger partial charge >= 0.3 is 19.2 Å². The minimum Gasteiger partial charge on any atom is -0.477 e. The third kappa shape index (κ3) is 6.12. The van der Waals surface area contributed by atoms with Gasteiger partial charge in [0.1, 0.15) is 27.1 Å². The summed E-state index contributed by atoms with van der Waals surface area (Å²) in [5.41, 5.74) is 0.170. The van der Waals surface area contributed by atoms with Crippen LogP contribution in [0.25, 0.3) is 10.7 Å². The first-order chi connectivity index (χ1) is 15.6. The number of alkyl halides is 4. The first kappa shape index (κ1) is 23.8. The summed E-state index contributed by atoms with van der Waals surface area (Å²) in [5.74, 6) is -3.10. The fraction of sp³-hybridized carbons (Fsp3) is 0.211. The minimum absolute atomic E-state index is 0.0271. The molecule has 0 fully saturated rings.